The molecule has 2 heterocycles. The van der Waals surface area contributed by atoms with E-state index in [1.54, 1.807) is 4.68 Å². The predicted molar refractivity (Wildman–Crippen MR) is 65.7 cm³/mol. The van der Waals surface area contributed by atoms with Gasteiger partial charge in [0.05, 0.1) is 12.2 Å². The van der Waals surface area contributed by atoms with Gasteiger partial charge in [-0.15, -0.1) is 5.10 Å². The molecule has 0 unspecified atom stereocenters. The van der Waals surface area contributed by atoms with Gasteiger partial charge in [0.1, 0.15) is 11.5 Å². The predicted octanol–water partition coefficient (Wildman–Crippen LogP) is 0.852. The molecule has 2 aromatic rings. The van der Waals surface area contributed by atoms with Gasteiger partial charge in [0.25, 0.3) is 0 Å². The third kappa shape index (κ3) is 3.68. The van der Waals surface area contributed by atoms with E-state index in [0.717, 1.165) is 17.2 Å². The second-order valence-corrected chi connectivity index (χ2v) is 4.17. The van der Waals surface area contributed by atoms with Crippen LogP contribution < -0.4 is 5.32 Å². The molecule has 2 aromatic heterocycles. The number of aromatic nitrogens is 3. The van der Waals surface area contributed by atoms with E-state index in [1.807, 2.05) is 25.3 Å². The fraction of sp³-hybridized carbons (Fsp3) is 0.500. The van der Waals surface area contributed by atoms with E-state index >= 15 is 0 Å². The van der Waals surface area contributed by atoms with Crippen LogP contribution in [-0.4, -0.2) is 26.7 Å². The van der Waals surface area contributed by atoms with Crippen LogP contribution in [0.5, 0.6) is 0 Å². The van der Waals surface area contributed by atoms with Crippen LogP contribution in [0.2, 0.25) is 0 Å². The first-order valence-corrected chi connectivity index (χ1v) is 6.04. The molecular weight excluding hydrogens is 232 g/mol. The molecule has 0 aliphatic carbocycles. The van der Waals surface area contributed by atoms with E-state index < -0.39 is 0 Å². The Hall–Kier alpha value is -1.66. The second-order valence-electron chi connectivity index (χ2n) is 4.17. The normalized spacial score (nSPS) is 11.0. The molecule has 98 valence electrons. The van der Waals surface area contributed by atoms with Crippen molar-refractivity contribution in [2.24, 2.45) is 0 Å². The lowest BCUT2D eigenvalue weighted by atomic mass is 10.4. The van der Waals surface area contributed by atoms with Crippen LogP contribution in [0.15, 0.2) is 22.7 Å². The van der Waals surface area contributed by atoms with E-state index in [2.05, 4.69) is 15.6 Å². The van der Waals surface area contributed by atoms with E-state index in [9.17, 15) is 0 Å². The average molecular weight is 250 g/mol. The van der Waals surface area contributed by atoms with Crippen LogP contribution in [0, 0.1) is 6.92 Å². The molecule has 0 fully saturated rings. The average Bonchev–Trinajstić information content (AvgIpc) is 2.96. The number of nitrogens with one attached hydrogen (secondary N) is 1. The first-order valence-electron chi connectivity index (χ1n) is 6.04. The molecule has 0 saturated carbocycles. The summed E-state index contributed by atoms with van der Waals surface area (Å²) in [4.78, 5) is 0. The minimum absolute atomic E-state index is 0.172. The van der Waals surface area contributed by atoms with Crippen LogP contribution >= 0.6 is 0 Å². The van der Waals surface area contributed by atoms with Gasteiger partial charge in [-0.1, -0.05) is 5.21 Å². The van der Waals surface area contributed by atoms with Crippen molar-refractivity contribution in [3.05, 3.63) is 35.5 Å². The van der Waals surface area contributed by atoms with Crippen LogP contribution in [0.4, 0.5) is 0 Å². The van der Waals surface area contributed by atoms with Crippen molar-refractivity contribution in [3.63, 3.8) is 0 Å². The summed E-state index contributed by atoms with van der Waals surface area (Å²) in [5.41, 5.74) is 0.885. The topological polar surface area (TPSA) is 76.1 Å². The maximum Gasteiger partial charge on any atom is 0.117 e. The molecule has 0 atom stereocenters. The van der Waals surface area contributed by atoms with E-state index in [4.69, 9.17) is 9.52 Å². The Morgan fingerprint density at radius 2 is 2.28 bits per heavy atom. The lowest BCUT2D eigenvalue weighted by Gasteiger charge is -1.99. The Morgan fingerprint density at radius 3 is 3.00 bits per heavy atom. The number of aryl methyl sites for hydroxylation is 2. The van der Waals surface area contributed by atoms with E-state index in [1.165, 1.54) is 0 Å². The third-order valence-electron chi connectivity index (χ3n) is 2.53. The number of hydrogen-bond donors (Lipinski definition) is 2. The summed E-state index contributed by atoms with van der Waals surface area (Å²) in [6.45, 7) is 4.12. The van der Waals surface area contributed by atoms with Gasteiger partial charge in [-0.3, -0.25) is 4.68 Å². The monoisotopic (exact) mass is 250 g/mol. The highest BCUT2D eigenvalue weighted by Gasteiger charge is 2.02. The zero-order chi connectivity index (χ0) is 12.8. The zero-order valence-electron chi connectivity index (χ0n) is 10.5. The molecule has 0 aliphatic rings. The highest BCUT2D eigenvalue weighted by molar-refractivity contribution is 5.05. The maximum absolute atomic E-state index is 8.72. The maximum atomic E-state index is 8.72. The van der Waals surface area contributed by atoms with E-state index in [0.29, 0.717) is 26.1 Å². The van der Waals surface area contributed by atoms with Crippen LogP contribution in [0.25, 0.3) is 0 Å². The molecule has 2 rings (SSSR count). The van der Waals surface area contributed by atoms with Crippen molar-refractivity contribution in [1.29, 1.82) is 0 Å². The number of hydrogen-bond acceptors (Lipinski definition) is 5. The third-order valence-corrected chi connectivity index (χ3v) is 2.53. The minimum Gasteiger partial charge on any atom is -0.465 e. The molecule has 2 N–H and O–H groups in total. The van der Waals surface area contributed by atoms with Gasteiger partial charge in [-0.05, 0) is 25.5 Å². The van der Waals surface area contributed by atoms with Crippen LogP contribution in [-0.2, 0) is 19.6 Å². The molecule has 0 bridgehead atoms. The quantitative estimate of drug-likeness (QED) is 0.762. The largest absolute Gasteiger partial charge is 0.465 e. The van der Waals surface area contributed by atoms with Crippen LogP contribution in [0.3, 0.4) is 0 Å². The van der Waals surface area contributed by atoms with Crippen molar-refractivity contribution in [3.8, 4) is 0 Å². The van der Waals surface area contributed by atoms with Gasteiger partial charge >= 0.3 is 0 Å². The highest BCUT2D eigenvalue weighted by atomic mass is 16.3. The Bertz CT molecular complexity index is 478. The van der Waals surface area contributed by atoms with Crippen molar-refractivity contribution < 1.29 is 9.52 Å². The number of nitrogens with zero attached hydrogens (tertiary/aromatic N) is 3. The van der Waals surface area contributed by atoms with Gasteiger partial charge in [0, 0.05) is 25.9 Å². The molecular formula is C12H18N4O2. The fourth-order valence-electron chi connectivity index (χ4n) is 1.66. The highest BCUT2D eigenvalue weighted by Crippen LogP contribution is 2.05. The Balaban J connectivity index is 1.74. The summed E-state index contributed by atoms with van der Waals surface area (Å²) >= 11 is 0. The zero-order valence-corrected chi connectivity index (χ0v) is 10.5. The first kappa shape index (κ1) is 12.8. The molecule has 18 heavy (non-hydrogen) atoms. The summed E-state index contributed by atoms with van der Waals surface area (Å²) in [6.07, 6.45) is 2.58. The molecule has 0 spiro atoms. The van der Waals surface area contributed by atoms with Crippen molar-refractivity contribution in [2.45, 2.75) is 33.0 Å². The fourth-order valence-corrected chi connectivity index (χ4v) is 1.66. The lowest BCUT2D eigenvalue weighted by Crippen LogP contribution is -2.12. The first-order chi connectivity index (χ1) is 8.78. The van der Waals surface area contributed by atoms with Crippen LogP contribution in [0.1, 0.15) is 23.6 Å². The Labute approximate surface area is 106 Å². The summed E-state index contributed by atoms with van der Waals surface area (Å²) in [5, 5.41) is 20.0. The number of aliphatic hydroxyl groups excluding tert-OH is 1. The molecule has 0 amide bonds. The summed E-state index contributed by atoms with van der Waals surface area (Å²) in [7, 11) is 0. The van der Waals surface area contributed by atoms with Gasteiger partial charge in [-0.2, -0.15) is 0 Å². The second kappa shape index (κ2) is 6.32. The van der Waals surface area contributed by atoms with Crippen molar-refractivity contribution in [2.75, 3.05) is 6.61 Å². The number of furan rings is 1. The van der Waals surface area contributed by atoms with Gasteiger partial charge < -0.3 is 14.8 Å². The Kier molecular flexibility index (Phi) is 4.49. The summed E-state index contributed by atoms with van der Waals surface area (Å²) in [5.74, 6) is 1.84. The van der Waals surface area contributed by atoms with Crippen molar-refractivity contribution in [1.82, 2.24) is 20.3 Å². The summed E-state index contributed by atoms with van der Waals surface area (Å²) in [6, 6.07) is 3.91. The molecule has 0 aliphatic heterocycles. The SMILES string of the molecule is Cc1ccc(CNCc2cn(CCCO)nn2)o1. The summed E-state index contributed by atoms with van der Waals surface area (Å²) < 4.78 is 7.19. The Morgan fingerprint density at radius 1 is 1.39 bits per heavy atom. The molecule has 6 heteroatoms. The standard InChI is InChI=1S/C12H18N4O2/c1-10-3-4-12(18-10)8-13-7-11-9-16(15-14-11)5-2-6-17/h3-4,9,13,17H,2,5-8H2,1H3. The number of aliphatic hydroxyl groups is 1. The molecule has 0 aromatic carbocycles. The number of rotatable bonds is 7. The minimum atomic E-state index is 0.172. The van der Waals surface area contributed by atoms with Gasteiger partial charge in [0.15, 0.2) is 0 Å². The molecule has 6 nitrogen and oxygen atoms in total. The molecule has 0 saturated heterocycles. The van der Waals surface area contributed by atoms with Crippen molar-refractivity contribution >= 4 is 0 Å². The van der Waals surface area contributed by atoms with Gasteiger partial charge in [-0.25, -0.2) is 0 Å². The van der Waals surface area contributed by atoms with Gasteiger partial charge in [0.2, 0.25) is 0 Å². The lowest BCUT2D eigenvalue weighted by molar-refractivity contribution is 0.276. The smallest absolute Gasteiger partial charge is 0.117 e. The molecule has 0 radical (unpaired) electrons. The van der Waals surface area contributed by atoms with E-state index in [-0.39, 0.29) is 6.61 Å².